The molecule has 1 amide bonds. The molecule has 1 fully saturated rings. The molecule has 1 aromatic rings. The van der Waals surface area contributed by atoms with E-state index in [1.165, 1.54) is 12.3 Å². The van der Waals surface area contributed by atoms with Crippen molar-refractivity contribution in [3.8, 4) is 0 Å². The number of carbonyl (C=O) groups excluding carboxylic acids is 1. The lowest BCUT2D eigenvalue weighted by Crippen LogP contribution is -2.58. The zero-order chi connectivity index (χ0) is 15.6. The average molecular weight is 294 g/mol. The fourth-order valence-electron chi connectivity index (χ4n) is 2.48. The van der Waals surface area contributed by atoms with E-state index in [1.807, 2.05) is 14.0 Å². The monoisotopic (exact) mass is 294 g/mol. The topological polar surface area (TPSA) is 48.5 Å². The molecular formula is C15H23FN4O. The van der Waals surface area contributed by atoms with Gasteiger partial charge in [0, 0.05) is 37.9 Å². The Kier molecular flexibility index (Phi) is 4.46. The van der Waals surface area contributed by atoms with Crippen molar-refractivity contribution >= 4 is 11.7 Å². The molecule has 5 nitrogen and oxygen atoms in total. The Morgan fingerprint density at radius 3 is 2.81 bits per heavy atom. The molecule has 116 valence electrons. The molecule has 2 rings (SSSR count). The van der Waals surface area contributed by atoms with Gasteiger partial charge in [-0.15, -0.1) is 0 Å². The minimum Gasteiger partial charge on any atom is -0.368 e. The number of hydrogen-bond acceptors (Lipinski definition) is 4. The van der Waals surface area contributed by atoms with E-state index in [-0.39, 0.29) is 22.8 Å². The van der Waals surface area contributed by atoms with E-state index in [9.17, 15) is 9.18 Å². The zero-order valence-electron chi connectivity index (χ0n) is 13.1. The molecule has 1 N–H and O–H groups in total. The molecule has 2 heterocycles. The second-order valence-electron chi connectivity index (χ2n) is 6.01. The molecule has 1 aliphatic rings. The summed E-state index contributed by atoms with van der Waals surface area (Å²) in [4.78, 5) is 20.4. The van der Waals surface area contributed by atoms with Crippen LogP contribution >= 0.6 is 0 Å². The van der Waals surface area contributed by atoms with Gasteiger partial charge in [0.1, 0.15) is 0 Å². The molecule has 0 saturated carbocycles. The number of halogens is 1. The van der Waals surface area contributed by atoms with Crippen molar-refractivity contribution in [2.45, 2.75) is 26.3 Å². The van der Waals surface area contributed by atoms with Crippen LogP contribution in [0.25, 0.3) is 0 Å². The van der Waals surface area contributed by atoms with Crippen LogP contribution in [0.2, 0.25) is 0 Å². The first-order valence-corrected chi connectivity index (χ1v) is 7.25. The van der Waals surface area contributed by atoms with Crippen molar-refractivity contribution in [3.63, 3.8) is 0 Å². The number of nitrogens with zero attached hydrogens (tertiary/aromatic N) is 3. The minimum absolute atomic E-state index is 0.0845. The van der Waals surface area contributed by atoms with Crippen LogP contribution in [0, 0.1) is 5.82 Å². The van der Waals surface area contributed by atoms with Crippen LogP contribution in [0.4, 0.5) is 10.2 Å². The second kappa shape index (κ2) is 5.97. The van der Waals surface area contributed by atoms with Crippen LogP contribution in [-0.2, 0) is 0 Å². The molecule has 6 heteroatoms. The molecule has 21 heavy (non-hydrogen) atoms. The summed E-state index contributed by atoms with van der Waals surface area (Å²) in [6.07, 6.45) is 1.47. The number of piperazine rings is 1. The van der Waals surface area contributed by atoms with Crippen LogP contribution in [-0.4, -0.2) is 59.5 Å². The summed E-state index contributed by atoms with van der Waals surface area (Å²) in [5.41, 5.74) is -0.0247. The van der Waals surface area contributed by atoms with Gasteiger partial charge in [-0.25, -0.2) is 9.37 Å². The highest BCUT2D eigenvalue weighted by molar-refractivity contribution is 5.95. The number of hydrogen-bond donors (Lipinski definition) is 1. The van der Waals surface area contributed by atoms with Crippen molar-refractivity contribution in [3.05, 3.63) is 23.6 Å². The number of anilines is 1. The predicted molar refractivity (Wildman–Crippen MR) is 81.0 cm³/mol. The van der Waals surface area contributed by atoms with Crippen molar-refractivity contribution in [1.29, 1.82) is 0 Å². The maximum Gasteiger partial charge on any atom is 0.257 e. The third kappa shape index (κ3) is 3.15. The summed E-state index contributed by atoms with van der Waals surface area (Å²) < 4.78 is 14.4. The maximum absolute atomic E-state index is 14.4. The molecule has 1 aliphatic heterocycles. The molecule has 0 aliphatic carbocycles. The van der Waals surface area contributed by atoms with E-state index in [2.05, 4.69) is 29.0 Å². The molecule has 0 bridgehead atoms. The van der Waals surface area contributed by atoms with Gasteiger partial charge < -0.3 is 10.2 Å². The molecular weight excluding hydrogens is 271 g/mol. The SMILES string of the molecule is CCNc1nccc(C(=O)N2CCN(C)C(C)(C)C2)c1F. The predicted octanol–water partition coefficient (Wildman–Crippen LogP) is 1.82. The van der Waals surface area contributed by atoms with Crippen LogP contribution in [0.1, 0.15) is 31.1 Å². The smallest absolute Gasteiger partial charge is 0.257 e. The first-order chi connectivity index (χ1) is 9.86. The third-order valence-corrected chi connectivity index (χ3v) is 4.07. The van der Waals surface area contributed by atoms with Gasteiger partial charge in [0.05, 0.1) is 5.56 Å². The Bertz CT molecular complexity index is 532. The van der Waals surface area contributed by atoms with Gasteiger partial charge in [-0.1, -0.05) is 0 Å². The van der Waals surface area contributed by atoms with Gasteiger partial charge in [-0.3, -0.25) is 9.69 Å². The number of amides is 1. The van der Waals surface area contributed by atoms with Gasteiger partial charge in [-0.2, -0.15) is 0 Å². The second-order valence-corrected chi connectivity index (χ2v) is 6.01. The van der Waals surface area contributed by atoms with E-state index in [1.54, 1.807) is 4.90 Å². The van der Waals surface area contributed by atoms with Crippen LogP contribution in [0.3, 0.4) is 0 Å². The quantitative estimate of drug-likeness (QED) is 0.924. The van der Waals surface area contributed by atoms with Crippen LogP contribution in [0.5, 0.6) is 0 Å². The van der Waals surface area contributed by atoms with Gasteiger partial charge in [0.25, 0.3) is 5.91 Å². The zero-order valence-corrected chi connectivity index (χ0v) is 13.1. The van der Waals surface area contributed by atoms with E-state index in [0.717, 1.165) is 6.54 Å². The third-order valence-electron chi connectivity index (χ3n) is 4.07. The molecule has 0 spiro atoms. The van der Waals surface area contributed by atoms with Gasteiger partial charge in [-0.05, 0) is 33.9 Å². The largest absolute Gasteiger partial charge is 0.368 e. The Labute approximate surface area is 125 Å². The first-order valence-electron chi connectivity index (χ1n) is 7.25. The summed E-state index contributed by atoms with van der Waals surface area (Å²) in [5, 5.41) is 2.83. The van der Waals surface area contributed by atoms with Gasteiger partial charge in [0.15, 0.2) is 11.6 Å². The molecule has 0 atom stereocenters. The minimum atomic E-state index is -0.568. The summed E-state index contributed by atoms with van der Waals surface area (Å²) in [5.74, 6) is -0.701. The van der Waals surface area contributed by atoms with E-state index in [0.29, 0.717) is 19.6 Å². The van der Waals surface area contributed by atoms with Crippen molar-refractivity contribution in [2.24, 2.45) is 0 Å². The van der Waals surface area contributed by atoms with Gasteiger partial charge in [0.2, 0.25) is 0 Å². The normalized spacial score (nSPS) is 18.6. The lowest BCUT2D eigenvalue weighted by Gasteiger charge is -2.45. The number of carbonyl (C=O) groups is 1. The Morgan fingerprint density at radius 2 is 2.19 bits per heavy atom. The fraction of sp³-hybridized carbons (Fsp3) is 0.600. The number of nitrogens with one attached hydrogen (secondary N) is 1. The van der Waals surface area contributed by atoms with Gasteiger partial charge >= 0.3 is 0 Å². The van der Waals surface area contributed by atoms with Crippen LogP contribution in [0.15, 0.2) is 12.3 Å². The maximum atomic E-state index is 14.4. The molecule has 0 unspecified atom stereocenters. The van der Waals surface area contributed by atoms with Crippen molar-refractivity contribution in [1.82, 2.24) is 14.8 Å². The molecule has 0 aromatic carbocycles. The summed E-state index contributed by atoms with van der Waals surface area (Å²) in [7, 11) is 2.04. The molecule has 1 saturated heterocycles. The van der Waals surface area contributed by atoms with E-state index in [4.69, 9.17) is 0 Å². The summed E-state index contributed by atoms with van der Waals surface area (Å²) in [6, 6.07) is 1.45. The lowest BCUT2D eigenvalue weighted by atomic mass is 9.99. The van der Waals surface area contributed by atoms with E-state index < -0.39 is 5.82 Å². The number of rotatable bonds is 3. The summed E-state index contributed by atoms with van der Waals surface area (Å²) in [6.45, 7) is 8.56. The van der Waals surface area contributed by atoms with Crippen molar-refractivity contribution in [2.75, 3.05) is 38.5 Å². The standard InChI is InChI=1S/C15H23FN4O/c1-5-17-13-12(16)11(6-7-18-13)14(21)20-9-8-19(4)15(2,3)10-20/h6-7H,5,8-10H2,1-4H3,(H,17,18). The lowest BCUT2D eigenvalue weighted by molar-refractivity contribution is 0.0308. The number of likely N-dealkylation sites (N-methyl/N-ethyl adjacent to an activating group) is 1. The Balaban J connectivity index is 2.23. The van der Waals surface area contributed by atoms with Crippen LogP contribution < -0.4 is 5.32 Å². The number of aromatic nitrogens is 1. The Morgan fingerprint density at radius 1 is 1.48 bits per heavy atom. The highest BCUT2D eigenvalue weighted by Crippen LogP contribution is 2.22. The average Bonchev–Trinajstić information content (AvgIpc) is 2.43. The van der Waals surface area contributed by atoms with E-state index >= 15 is 0 Å². The number of pyridine rings is 1. The first kappa shape index (κ1) is 15.7. The molecule has 0 radical (unpaired) electrons. The Hall–Kier alpha value is -1.69. The summed E-state index contributed by atoms with van der Waals surface area (Å²) >= 11 is 0. The van der Waals surface area contributed by atoms with Crippen molar-refractivity contribution < 1.29 is 9.18 Å². The molecule has 1 aromatic heterocycles. The highest BCUT2D eigenvalue weighted by Gasteiger charge is 2.34. The highest BCUT2D eigenvalue weighted by atomic mass is 19.1. The fourth-order valence-corrected chi connectivity index (χ4v) is 2.48.